The summed E-state index contributed by atoms with van der Waals surface area (Å²) in [6, 6.07) is 14.9. The standard InChI is InChI=1S/C17H16FN/c1-12-7-8-13(2)14(9-12)10-15(11-19)16-5-3-4-6-17(16)18/h3-9,15H,10H2,1-2H3. The van der Waals surface area contributed by atoms with E-state index in [9.17, 15) is 9.65 Å². The Morgan fingerprint density at radius 2 is 1.89 bits per heavy atom. The molecule has 0 bridgehead atoms. The molecule has 96 valence electrons. The minimum Gasteiger partial charge on any atom is -0.207 e. The van der Waals surface area contributed by atoms with Gasteiger partial charge in [-0.3, -0.25) is 0 Å². The zero-order valence-electron chi connectivity index (χ0n) is 11.2. The highest BCUT2D eigenvalue weighted by atomic mass is 19.1. The Kier molecular flexibility index (Phi) is 3.97. The Labute approximate surface area is 113 Å². The summed E-state index contributed by atoms with van der Waals surface area (Å²) in [6.45, 7) is 4.04. The SMILES string of the molecule is Cc1ccc(C)c(CC(C#N)c2ccccc2F)c1. The van der Waals surface area contributed by atoms with E-state index in [1.165, 1.54) is 6.07 Å². The molecule has 2 aromatic rings. The molecule has 0 N–H and O–H groups in total. The van der Waals surface area contributed by atoms with Crippen LogP contribution in [0.25, 0.3) is 0 Å². The fourth-order valence-corrected chi connectivity index (χ4v) is 2.22. The average Bonchev–Trinajstić information content (AvgIpc) is 2.41. The molecule has 0 heterocycles. The lowest BCUT2D eigenvalue weighted by atomic mass is 9.90. The Morgan fingerprint density at radius 3 is 2.58 bits per heavy atom. The number of aryl methyl sites for hydroxylation is 2. The molecule has 0 saturated carbocycles. The lowest BCUT2D eigenvalue weighted by Crippen LogP contribution is -2.04. The van der Waals surface area contributed by atoms with Gasteiger partial charge in [0.05, 0.1) is 12.0 Å². The minimum absolute atomic E-state index is 0.306. The van der Waals surface area contributed by atoms with Gasteiger partial charge in [-0.2, -0.15) is 5.26 Å². The van der Waals surface area contributed by atoms with Crippen molar-refractivity contribution in [2.45, 2.75) is 26.2 Å². The maximum atomic E-state index is 13.8. The Morgan fingerprint density at radius 1 is 1.16 bits per heavy atom. The van der Waals surface area contributed by atoms with E-state index in [-0.39, 0.29) is 5.82 Å². The number of nitrogens with zero attached hydrogens (tertiary/aromatic N) is 1. The zero-order chi connectivity index (χ0) is 13.8. The van der Waals surface area contributed by atoms with Crippen molar-refractivity contribution < 1.29 is 4.39 Å². The summed E-state index contributed by atoms with van der Waals surface area (Å²) in [5.74, 6) is -0.749. The second-order valence-corrected chi connectivity index (χ2v) is 4.84. The largest absolute Gasteiger partial charge is 0.207 e. The summed E-state index contributed by atoms with van der Waals surface area (Å²) in [4.78, 5) is 0. The number of hydrogen-bond donors (Lipinski definition) is 0. The smallest absolute Gasteiger partial charge is 0.127 e. The van der Waals surface area contributed by atoms with Crippen LogP contribution in [-0.4, -0.2) is 0 Å². The van der Waals surface area contributed by atoms with Crippen LogP contribution < -0.4 is 0 Å². The molecule has 1 nitrogen and oxygen atoms in total. The molecular weight excluding hydrogens is 237 g/mol. The van der Waals surface area contributed by atoms with Crippen molar-refractivity contribution >= 4 is 0 Å². The summed E-state index contributed by atoms with van der Waals surface area (Å²) in [5.41, 5.74) is 3.88. The minimum atomic E-state index is -0.443. The molecule has 0 saturated heterocycles. The van der Waals surface area contributed by atoms with Crippen LogP contribution >= 0.6 is 0 Å². The van der Waals surface area contributed by atoms with Crippen LogP contribution in [0, 0.1) is 31.0 Å². The first-order valence-electron chi connectivity index (χ1n) is 6.32. The van der Waals surface area contributed by atoms with E-state index in [1.807, 2.05) is 26.0 Å². The van der Waals surface area contributed by atoms with E-state index in [1.54, 1.807) is 18.2 Å². The molecule has 0 aromatic heterocycles. The van der Waals surface area contributed by atoms with Crippen LogP contribution in [0.15, 0.2) is 42.5 Å². The first kappa shape index (κ1) is 13.3. The van der Waals surface area contributed by atoms with Crippen molar-refractivity contribution in [2.75, 3.05) is 0 Å². The first-order valence-corrected chi connectivity index (χ1v) is 6.32. The molecule has 0 radical (unpaired) electrons. The summed E-state index contributed by atoms with van der Waals surface area (Å²) in [7, 11) is 0. The molecular formula is C17H16FN. The fraction of sp³-hybridized carbons (Fsp3) is 0.235. The van der Waals surface area contributed by atoms with E-state index < -0.39 is 5.92 Å². The van der Waals surface area contributed by atoms with Crippen LogP contribution in [-0.2, 0) is 6.42 Å². The fourth-order valence-electron chi connectivity index (χ4n) is 2.22. The molecule has 2 rings (SSSR count). The molecule has 19 heavy (non-hydrogen) atoms. The van der Waals surface area contributed by atoms with Gasteiger partial charge in [-0.1, -0.05) is 42.0 Å². The second-order valence-electron chi connectivity index (χ2n) is 4.84. The van der Waals surface area contributed by atoms with E-state index in [4.69, 9.17) is 0 Å². The molecule has 1 unspecified atom stereocenters. The summed E-state index contributed by atoms with van der Waals surface area (Å²) in [5, 5.41) is 9.31. The third-order valence-corrected chi connectivity index (χ3v) is 3.37. The number of hydrogen-bond acceptors (Lipinski definition) is 1. The van der Waals surface area contributed by atoms with Crippen molar-refractivity contribution in [2.24, 2.45) is 0 Å². The molecule has 0 aliphatic heterocycles. The normalized spacial score (nSPS) is 11.9. The number of benzene rings is 2. The molecule has 0 aliphatic rings. The van der Waals surface area contributed by atoms with Crippen LogP contribution in [0.3, 0.4) is 0 Å². The number of halogens is 1. The predicted octanol–water partition coefficient (Wildman–Crippen LogP) is 4.29. The van der Waals surface area contributed by atoms with E-state index in [0.717, 1.165) is 16.7 Å². The van der Waals surface area contributed by atoms with Gasteiger partial charge in [0.15, 0.2) is 0 Å². The van der Waals surface area contributed by atoms with E-state index in [0.29, 0.717) is 12.0 Å². The summed E-state index contributed by atoms with van der Waals surface area (Å²) >= 11 is 0. The van der Waals surface area contributed by atoms with Crippen LogP contribution in [0.1, 0.15) is 28.2 Å². The van der Waals surface area contributed by atoms with Crippen LogP contribution in [0.2, 0.25) is 0 Å². The zero-order valence-corrected chi connectivity index (χ0v) is 11.2. The van der Waals surface area contributed by atoms with Gasteiger partial charge in [0, 0.05) is 5.56 Å². The van der Waals surface area contributed by atoms with Gasteiger partial charge in [-0.25, -0.2) is 4.39 Å². The van der Waals surface area contributed by atoms with E-state index in [2.05, 4.69) is 12.1 Å². The summed E-state index contributed by atoms with van der Waals surface area (Å²) < 4.78 is 13.8. The Bertz CT molecular complexity index is 625. The third-order valence-electron chi connectivity index (χ3n) is 3.37. The van der Waals surface area contributed by atoms with Gasteiger partial charge in [0.2, 0.25) is 0 Å². The molecule has 1 atom stereocenters. The lowest BCUT2D eigenvalue weighted by molar-refractivity contribution is 0.600. The molecule has 0 fully saturated rings. The van der Waals surface area contributed by atoms with Gasteiger partial charge in [-0.15, -0.1) is 0 Å². The monoisotopic (exact) mass is 253 g/mol. The highest BCUT2D eigenvalue weighted by molar-refractivity contribution is 5.35. The van der Waals surface area contributed by atoms with Crippen molar-refractivity contribution in [3.05, 3.63) is 70.5 Å². The predicted molar refractivity (Wildman–Crippen MR) is 74.4 cm³/mol. The van der Waals surface area contributed by atoms with E-state index >= 15 is 0 Å². The highest BCUT2D eigenvalue weighted by Crippen LogP contribution is 2.24. The van der Waals surface area contributed by atoms with Crippen molar-refractivity contribution in [3.63, 3.8) is 0 Å². The van der Waals surface area contributed by atoms with Gasteiger partial charge in [0.25, 0.3) is 0 Å². The maximum Gasteiger partial charge on any atom is 0.127 e. The van der Waals surface area contributed by atoms with Gasteiger partial charge in [-0.05, 0) is 37.5 Å². The molecule has 0 spiro atoms. The summed E-state index contributed by atoms with van der Waals surface area (Å²) in [6.07, 6.45) is 0.547. The third kappa shape index (κ3) is 3.00. The van der Waals surface area contributed by atoms with Crippen LogP contribution in [0.4, 0.5) is 4.39 Å². The highest BCUT2D eigenvalue weighted by Gasteiger charge is 2.16. The van der Waals surface area contributed by atoms with Crippen molar-refractivity contribution in [1.29, 1.82) is 5.26 Å². The maximum absolute atomic E-state index is 13.8. The van der Waals surface area contributed by atoms with Gasteiger partial charge >= 0.3 is 0 Å². The lowest BCUT2D eigenvalue weighted by Gasteiger charge is -2.13. The Hall–Kier alpha value is -2.14. The number of nitriles is 1. The number of rotatable bonds is 3. The van der Waals surface area contributed by atoms with Crippen molar-refractivity contribution in [1.82, 2.24) is 0 Å². The second kappa shape index (κ2) is 5.67. The molecule has 0 amide bonds. The van der Waals surface area contributed by atoms with Crippen molar-refractivity contribution in [3.8, 4) is 6.07 Å². The average molecular weight is 253 g/mol. The van der Waals surface area contributed by atoms with Crippen LogP contribution in [0.5, 0.6) is 0 Å². The Balaban J connectivity index is 2.33. The van der Waals surface area contributed by atoms with Gasteiger partial charge in [0.1, 0.15) is 5.82 Å². The first-order chi connectivity index (χ1) is 9.11. The molecule has 2 aromatic carbocycles. The molecule has 0 aliphatic carbocycles. The topological polar surface area (TPSA) is 23.8 Å². The molecule has 2 heteroatoms. The van der Waals surface area contributed by atoms with Gasteiger partial charge < -0.3 is 0 Å². The quantitative estimate of drug-likeness (QED) is 0.800.